The number of allylic oxidation sites excluding steroid dienone is 1. The minimum Gasteiger partial charge on any atom is -0.494 e. The summed E-state index contributed by atoms with van der Waals surface area (Å²) < 4.78 is 5.46. The van der Waals surface area contributed by atoms with E-state index < -0.39 is 0 Å². The van der Waals surface area contributed by atoms with Gasteiger partial charge in [-0.3, -0.25) is 4.79 Å². The quantitative estimate of drug-likeness (QED) is 0.841. The van der Waals surface area contributed by atoms with Crippen LogP contribution in [0.15, 0.2) is 35.5 Å². The van der Waals surface area contributed by atoms with E-state index in [-0.39, 0.29) is 11.8 Å². The molecule has 1 aliphatic heterocycles. The topological polar surface area (TPSA) is 50.4 Å². The number of hydrogen-bond donors (Lipinski definition) is 2. The van der Waals surface area contributed by atoms with Gasteiger partial charge in [0, 0.05) is 17.7 Å². The zero-order chi connectivity index (χ0) is 14.8. The first-order valence-electron chi connectivity index (χ1n) is 7.25. The van der Waals surface area contributed by atoms with Crippen molar-refractivity contribution in [1.29, 1.82) is 0 Å². The van der Waals surface area contributed by atoms with E-state index in [0.717, 1.165) is 35.4 Å². The molecule has 0 fully saturated rings. The fourth-order valence-electron chi connectivity index (χ4n) is 2.88. The first kappa shape index (κ1) is 14.1. The number of ether oxygens (including phenoxy) is 1. The molecule has 0 spiro atoms. The van der Waals surface area contributed by atoms with Crippen molar-refractivity contribution >= 4 is 23.1 Å². The minimum atomic E-state index is -0.155. The third-order valence-electron chi connectivity index (χ3n) is 3.81. The van der Waals surface area contributed by atoms with Crippen LogP contribution in [0.3, 0.4) is 0 Å². The number of carbonyl (C=O) groups excluding carboxylic acids is 1. The van der Waals surface area contributed by atoms with Crippen LogP contribution in [-0.2, 0) is 4.79 Å². The van der Waals surface area contributed by atoms with Crippen molar-refractivity contribution in [3.8, 4) is 5.75 Å². The predicted molar refractivity (Wildman–Crippen MR) is 85.1 cm³/mol. The molecule has 1 unspecified atom stereocenters. The maximum Gasteiger partial charge on any atom is 0.171 e. The molecule has 1 heterocycles. The van der Waals surface area contributed by atoms with Gasteiger partial charge >= 0.3 is 0 Å². The van der Waals surface area contributed by atoms with E-state index in [1.807, 2.05) is 31.2 Å². The SMILES string of the molecule is CCOc1ccc(C2NC(=S)NC3=C2C(=O)CCC3)cc1. The summed E-state index contributed by atoms with van der Waals surface area (Å²) in [5, 5.41) is 6.93. The second-order valence-corrected chi connectivity index (χ2v) is 5.61. The molecule has 110 valence electrons. The Morgan fingerprint density at radius 2 is 2.05 bits per heavy atom. The van der Waals surface area contributed by atoms with Gasteiger partial charge in [0.1, 0.15) is 5.75 Å². The molecule has 0 saturated carbocycles. The Kier molecular flexibility index (Phi) is 3.92. The summed E-state index contributed by atoms with van der Waals surface area (Å²) >= 11 is 5.26. The van der Waals surface area contributed by atoms with Crippen molar-refractivity contribution in [1.82, 2.24) is 10.6 Å². The summed E-state index contributed by atoms with van der Waals surface area (Å²) in [5.74, 6) is 1.04. The van der Waals surface area contributed by atoms with Gasteiger partial charge in [0.05, 0.1) is 12.6 Å². The van der Waals surface area contributed by atoms with Crippen LogP contribution in [0.2, 0.25) is 0 Å². The molecule has 5 heteroatoms. The summed E-state index contributed by atoms with van der Waals surface area (Å²) in [6.45, 7) is 2.60. The molecule has 0 aromatic heterocycles. The van der Waals surface area contributed by atoms with Crippen LogP contribution in [0.5, 0.6) is 5.75 Å². The number of ketones is 1. The molecule has 2 aliphatic rings. The molecule has 0 bridgehead atoms. The average molecular weight is 302 g/mol. The molecule has 0 radical (unpaired) electrons. The lowest BCUT2D eigenvalue weighted by atomic mass is 9.85. The summed E-state index contributed by atoms with van der Waals surface area (Å²) in [5.41, 5.74) is 2.85. The lowest BCUT2D eigenvalue weighted by Gasteiger charge is -2.33. The largest absolute Gasteiger partial charge is 0.494 e. The van der Waals surface area contributed by atoms with Crippen LogP contribution in [-0.4, -0.2) is 17.5 Å². The first-order chi connectivity index (χ1) is 10.2. The standard InChI is InChI=1S/C16H18N2O2S/c1-2-20-11-8-6-10(7-9-11)15-14-12(17-16(21)18-15)4-3-5-13(14)19/h6-9,15H,2-5H2,1H3,(H2,17,18,21). The van der Waals surface area contributed by atoms with E-state index in [9.17, 15) is 4.79 Å². The highest BCUT2D eigenvalue weighted by atomic mass is 32.1. The van der Waals surface area contributed by atoms with Crippen LogP contribution in [0.1, 0.15) is 37.8 Å². The number of hydrogen-bond acceptors (Lipinski definition) is 3. The van der Waals surface area contributed by atoms with Gasteiger partial charge in [-0.05, 0) is 49.7 Å². The van der Waals surface area contributed by atoms with Crippen molar-refractivity contribution in [3.05, 3.63) is 41.1 Å². The van der Waals surface area contributed by atoms with Gasteiger partial charge in [-0.2, -0.15) is 0 Å². The second-order valence-electron chi connectivity index (χ2n) is 5.20. The summed E-state index contributed by atoms with van der Waals surface area (Å²) in [7, 11) is 0. The molecular weight excluding hydrogens is 284 g/mol. The Morgan fingerprint density at radius 1 is 1.29 bits per heavy atom. The van der Waals surface area contributed by atoms with Gasteiger partial charge < -0.3 is 15.4 Å². The number of rotatable bonds is 3. The van der Waals surface area contributed by atoms with Crippen LogP contribution >= 0.6 is 12.2 Å². The van der Waals surface area contributed by atoms with Gasteiger partial charge in [0.25, 0.3) is 0 Å². The molecule has 4 nitrogen and oxygen atoms in total. The van der Waals surface area contributed by atoms with E-state index >= 15 is 0 Å². The Bertz CT molecular complexity index is 607. The molecule has 2 N–H and O–H groups in total. The van der Waals surface area contributed by atoms with Gasteiger partial charge in [-0.25, -0.2) is 0 Å². The highest BCUT2D eigenvalue weighted by molar-refractivity contribution is 7.80. The average Bonchev–Trinajstić information content (AvgIpc) is 2.47. The van der Waals surface area contributed by atoms with E-state index in [1.54, 1.807) is 0 Å². The molecule has 1 atom stereocenters. The third kappa shape index (κ3) is 2.78. The first-order valence-corrected chi connectivity index (χ1v) is 7.66. The van der Waals surface area contributed by atoms with Crippen LogP contribution in [0.4, 0.5) is 0 Å². The fraction of sp³-hybridized carbons (Fsp3) is 0.375. The van der Waals surface area contributed by atoms with E-state index in [1.165, 1.54) is 0 Å². The van der Waals surface area contributed by atoms with Gasteiger partial charge in [0.2, 0.25) is 0 Å². The van der Waals surface area contributed by atoms with Gasteiger partial charge in [-0.1, -0.05) is 12.1 Å². The highest BCUT2D eigenvalue weighted by Crippen LogP contribution is 2.33. The Balaban J connectivity index is 1.95. The lowest BCUT2D eigenvalue weighted by Crippen LogP contribution is -2.46. The molecule has 0 amide bonds. The van der Waals surface area contributed by atoms with Crippen molar-refractivity contribution in [2.75, 3.05) is 6.61 Å². The van der Waals surface area contributed by atoms with Crippen LogP contribution in [0.25, 0.3) is 0 Å². The Hall–Kier alpha value is -1.88. The Labute approximate surface area is 129 Å². The second kappa shape index (κ2) is 5.85. The molecule has 1 aliphatic carbocycles. The van der Waals surface area contributed by atoms with Crippen LogP contribution in [0, 0.1) is 0 Å². The third-order valence-corrected chi connectivity index (χ3v) is 4.03. The molecular formula is C16H18N2O2S. The molecule has 3 rings (SSSR count). The molecule has 0 saturated heterocycles. The van der Waals surface area contributed by atoms with Crippen molar-refractivity contribution < 1.29 is 9.53 Å². The van der Waals surface area contributed by atoms with Crippen molar-refractivity contribution in [2.24, 2.45) is 0 Å². The lowest BCUT2D eigenvalue weighted by molar-refractivity contribution is -0.116. The summed E-state index contributed by atoms with van der Waals surface area (Å²) in [6.07, 6.45) is 2.39. The summed E-state index contributed by atoms with van der Waals surface area (Å²) in [4.78, 5) is 12.3. The van der Waals surface area contributed by atoms with Crippen molar-refractivity contribution in [2.45, 2.75) is 32.2 Å². The highest BCUT2D eigenvalue weighted by Gasteiger charge is 2.32. The van der Waals surface area contributed by atoms with E-state index in [2.05, 4.69) is 10.6 Å². The van der Waals surface area contributed by atoms with Gasteiger partial charge in [-0.15, -0.1) is 0 Å². The zero-order valence-corrected chi connectivity index (χ0v) is 12.8. The molecule has 1 aromatic carbocycles. The van der Waals surface area contributed by atoms with E-state index in [4.69, 9.17) is 17.0 Å². The zero-order valence-electron chi connectivity index (χ0n) is 11.9. The van der Waals surface area contributed by atoms with E-state index in [0.29, 0.717) is 18.1 Å². The number of benzene rings is 1. The van der Waals surface area contributed by atoms with Gasteiger partial charge in [0.15, 0.2) is 10.9 Å². The number of nitrogens with one attached hydrogen (secondary N) is 2. The number of carbonyl (C=O) groups is 1. The summed E-state index contributed by atoms with van der Waals surface area (Å²) in [6, 6.07) is 7.68. The number of Topliss-reactive ketones (excluding diaryl/α,β-unsaturated/α-hetero) is 1. The Morgan fingerprint density at radius 3 is 2.76 bits per heavy atom. The number of thiocarbonyl (C=S) groups is 1. The monoisotopic (exact) mass is 302 g/mol. The minimum absolute atomic E-state index is 0.155. The predicted octanol–water partition coefficient (Wildman–Crippen LogP) is 2.61. The normalized spacial score (nSPS) is 21.5. The van der Waals surface area contributed by atoms with Crippen molar-refractivity contribution in [3.63, 3.8) is 0 Å². The smallest absolute Gasteiger partial charge is 0.171 e. The molecule has 1 aromatic rings. The van der Waals surface area contributed by atoms with Crippen LogP contribution < -0.4 is 15.4 Å². The molecule has 21 heavy (non-hydrogen) atoms. The maximum atomic E-state index is 12.3. The fourth-order valence-corrected chi connectivity index (χ4v) is 3.12. The maximum absolute atomic E-state index is 12.3.